The molecule has 248 valence electrons. The standard InChI is InChI=1S/C30H32F3N3O.C7H12.C2H6/c1-19-7-4-5-10-27(19)36(30(32)33)21(3)22-13-15-35(16-14-22)29(37)24-11-12-26(20(2)17-24)28(34)23-8-6-9-25(31)18-23;1-2-3-4-7-5-6-7;1-2/h4-12,17-18,21-22,30,34H,13-16H2,1-3H3;2-3,7H,4-6H2,1H3;1-2H3/b;3-2-;. The highest BCUT2D eigenvalue weighted by atomic mass is 19.3. The average molecular weight is 634 g/mol. The maximum Gasteiger partial charge on any atom is 0.315 e. The topological polar surface area (TPSA) is 47.4 Å². The summed E-state index contributed by atoms with van der Waals surface area (Å²) < 4.78 is 41.8. The van der Waals surface area contributed by atoms with E-state index in [1.165, 1.54) is 36.3 Å². The number of piperidine rings is 1. The molecule has 2 aliphatic rings. The van der Waals surface area contributed by atoms with Crippen LogP contribution in [0, 0.1) is 36.9 Å². The van der Waals surface area contributed by atoms with E-state index in [2.05, 4.69) is 19.1 Å². The lowest BCUT2D eigenvalue weighted by Gasteiger charge is -2.40. The van der Waals surface area contributed by atoms with Crippen molar-refractivity contribution in [1.29, 1.82) is 5.41 Å². The normalized spacial score (nSPS) is 15.5. The van der Waals surface area contributed by atoms with E-state index in [9.17, 15) is 18.0 Å². The van der Waals surface area contributed by atoms with Gasteiger partial charge >= 0.3 is 6.55 Å². The van der Waals surface area contributed by atoms with Gasteiger partial charge in [-0.2, -0.15) is 8.78 Å². The van der Waals surface area contributed by atoms with Gasteiger partial charge in [0.15, 0.2) is 0 Å². The lowest BCUT2D eigenvalue weighted by atomic mass is 9.88. The van der Waals surface area contributed by atoms with Crippen molar-refractivity contribution in [2.24, 2.45) is 11.8 Å². The van der Waals surface area contributed by atoms with Crippen LogP contribution in [-0.2, 0) is 0 Å². The molecule has 1 atom stereocenters. The van der Waals surface area contributed by atoms with Crippen LogP contribution in [-0.4, -0.2) is 42.2 Å². The number of alkyl halides is 2. The third-order valence-electron chi connectivity index (χ3n) is 8.81. The van der Waals surface area contributed by atoms with E-state index in [0.29, 0.717) is 48.3 Å². The molecule has 0 spiro atoms. The predicted octanol–water partition coefficient (Wildman–Crippen LogP) is 10.2. The van der Waals surface area contributed by atoms with Crippen LogP contribution in [0.3, 0.4) is 0 Å². The summed E-state index contributed by atoms with van der Waals surface area (Å²) in [6, 6.07) is 17.9. The number of nitrogens with one attached hydrogen (secondary N) is 1. The molecule has 0 bridgehead atoms. The van der Waals surface area contributed by atoms with Gasteiger partial charge in [0, 0.05) is 41.5 Å². The van der Waals surface area contributed by atoms with Gasteiger partial charge in [-0.15, -0.1) is 0 Å². The van der Waals surface area contributed by atoms with Gasteiger partial charge in [0.05, 0.1) is 5.71 Å². The number of benzene rings is 3. The second-order valence-corrected chi connectivity index (χ2v) is 12.0. The largest absolute Gasteiger partial charge is 0.339 e. The lowest BCUT2D eigenvalue weighted by Crippen LogP contribution is -2.47. The molecule has 1 amide bonds. The number of para-hydroxylation sites is 1. The van der Waals surface area contributed by atoms with Gasteiger partial charge in [-0.1, -0.05) is 62.4 Å². The Balaban J connectivity index is 0.000000558. The zero-order valence-corrected chi connectivity index (χ0v) is 28.2. The van der Waals surface area contributed by atoms with Crippen LogP contribution >= 0.6 is 0 Å². The number of rotatable bonds is 9. The second-order valence-electron chi connectivity index (χ2n) is 12.0. The van der Waals surface area contributed by atoms with Crippen LogP contribution < -0.4 is 4.90 Å². The number of halogens is 3. The summed E-state index contributed by atoms with van der Waals surface area (Å²) >= 11 is 0. The molecule has 3 aromatic carbocycles. The third-order valence-corrected chi connectivity index (χ3v) is 8.81. The van der Waals surface area contributed by atoms with Crippen molar-refractivity contribution in [3.8, 4) is 0 Å². The van der Waals surface area contributed by atoms with E-state index in [0.717, 1.165) is 17.0 Å². The molecule has 1 unspecified atom stereocenters. The van der Waals surface area contributed by atoms with E-state index < -0.39 is 12.4 Å². The van der Waals surface area contributed by atoms with Crippen molar-refractivity contribution >= 4 is 17.3 Å². The monoisotopic (exact) mass is 633 g/mol. The van der Waals surface area contributed by atoms with Gasteiger partial charge in [-0.05, 0) is 113 Å². The van der Waals surface area contributed by atoms with Crippen LogP contribution in [0.2, 0.25) is 0 Å². The SMILES string of the molecule is C/C=C\CC1CC1.CC.Cc1cc(C(=O)N2CCC(C(C)N(c3ccccc3C)C(F)F)CC2)ccc1C(=N)c1cccc(F)c1. The van der Waals surface area contributed by atoms with Crippen molar-refractivity contribution in [3.63, 3.8) is 0 Å². The van der Waals surface area contributed by atoms with Gasteiger partial charge in [0.25, 0.3) is 5.91 Å². The molecular weight excluding hydrogens is 583 g/mol. The van der Waals surface area contributed by atoms with Crippen LogP contribution in [0.15, 0.2) is 78.9 Å². The van der Waals surface area contributed by atoms with E-state index in [1.807, 2.05) is 46.8 Å². The Kier molecular flexibility index (Phi) is 14.1. The van der Waals surface area contributed by atoms with E-state index in [-0.39, 0.29) is 23.6 Å². The zero-order valence-electron chi connectivity index (χ0n) is 28.2. The molecule has 1 aliphatic heterocycles. The van der Waals surface area contributed by atoms with Crippen LogP contribution in [0.5, 0.6) is 0 Å². The summed E-state index contributed by atoms with van der Waals surface area (Å²) in [6.45, 7) is 9.99. The summed E-state index contributed by atoms with van der Waals surface area (Å²) in [5.74, 6) is 0.590. The maximum atomic E-state index is 14.1. The number of hydrogen-bond acceptors (Lipinski definition) is 3. The summed E-state index contributed by atoms with van der Waals surface area (Å²) in [4.78, 5) is 16.2. The molecule has 46 heavy (non-hydrogen) atoms. The van der Waals surface area contributed by atoms with Gasteiger partial charge < -0.3 is 9.80 Å². The van der Waals surface area contributed by atoms with E-state index in [1.54, 1.807) is 47.4 Å². The zero-order chi connectivity index (χ0) is 33.8. The first kappa shape index (κ1) is 36.6. The highest BCUT2D eigenvalue weighted by Crippen LogP contribution is 2.33. The van der Waals surface area contributed by atoms with Gasteiger partial charge in [-0.3, -0.25) is 10.2 Å². The summed E-state index contributed by atoms with van der Waals surface area (Å²) in [7, 11) is 0. The summed E-state index contributed by atoms with van der Waals surface area (Å²) in [6.07, 6.45) is 9.97. The number of amides is 1. The van der Waals surface area contributed by atoms with Gasteiger partial charge in [0.1, 0.15) is 5.82 Å². The van der Waals surface area contributed by atoms with Crippen molar-refractivity contribution < 1.29 is 18.0 Å². The second kappa shape index (κ2) is 17.7. The molecule has 1 saturated heterocycles. The molecule has 4 nitrogen and oxygen atoms in total. The number of carbonyl (C=O) groups is 1. The highest BCUT2D eigenvalue weighted by molar-refractivity contribution is 6.12. The summed E-state index contributed by atoms with van der Waals surface area (Å²) in [5, 5.41) is 8.46. The molecular formula is C39H50F3N3O. The molecule has 2 fully saturated rings. The van der Waals surface area contributed by atoms with Gasteiger partial charge in [0.2, 0.25) is 0 Å². The fraction of sp³-hybridized carbons (Fsp3) is 0.436. The van der Waals surface area contributed by atoms with Crippen molar-refractivity contribution in [1.82, 2.24) is 4.90 Å². The van der Waals surface area contributed by atoms with Gasteiger partial charge in [-0.25, -0.2) is 4.39 Å². The number of anilines is 1. The molecule has 3 aromatic rings. The minimum absolute atomic E-state index is 0.0357. The Morgan fingerprint density at radius 1 is 0.935 bits per heavy atom. The first-order chi connectivity index (χ1) is 22.1. The van der Waals surface area contributed by atoms with Crippen LogP contribution in [0.25, 0.3) is 0 Å². The lowest BCUT2D eigenvalue weighted by molar-refractivity contribution is 0.0650. The quantitative estimate of drug-likeness (QED) is 0.145. The first-order valence-electron chi connectivity index (χ1n) is 16.6. The van der Waals surface area contributed by atoms with E-state index in [4.69, 9.17) is 5.41 Å². The molecule has 1 heterocycles. The molecule has 0 radical (unpaired) electrons. The maximum absolute atomic E-state index is 14.1. The van der Waals surface area contributed by atoms with Crippen LogP contribution in [0.4, 0.5) is 18.9 Å². The Bertz CT molecular complexity index is 1460. The highest BCUT2D eigenvalue weighted by Gasteiger charge is 2.33. The predicted molar refractivity (Wildman–Crippen MR) is 185 cm³/mol. The average Bonchev–Trinajstić information content (AvgIpc) is 3.90. The number of allylic oxidation sites excluding steroid dienone is 2. The van der Waals surface area contributed by atoms with Crippen molar-refractivity contribution in [3.05, 3.63) is 113 Å². The number of likely N-dealkylation sites (tertiary alicyclic amines) is 1. The van der Waals surface area contributed by atoms with Crippen molar-refractivity contribution in [2.45, 2.75) is 86.2 Å². The third kappa shape index (κ3) is 9.81. The number of hydrogen-bond donors (Lipinski definition) is 1. The molecule has 5 rings (SSSR count). The molecule has 7 heteroatoms. The fourth-order valence-corrected chi connectivity index (χ4v) is 5.91. The summed E-state index contributed by atoms with van der Waals surface area (Å²) in [5.41, 5.74) is 3.95. The number of carbonyl (C=O) groups excluding carboxylic acids is 1. The van der Waals surface area contributed by atoms with E-state index >= 15 is 0 Å². The smallest absolute Gasteiger partial charge is 0.315 e. The minimum Gasteiger partial charge on any atom is -0.339 e. The number of nitrogens with zero attached hydrogens (tertiary/aromatic N) is 2. The Morgan fingerprint density at radius 2 is 1.61 bits per heavy atom. The first-order valence-corrected chi connectivity index (χ1v) is 16.6. The van der Waals surface area contributed by atoms with Crippen molar-refractivity contribution in [2.75, 3.05) is 18.0 Å². The number of aryl methyl sites for hydroxylation is 2. The minimum atomic E-state index is -2.61. The molecule has 1 saturated carbocycles. The molecule has 0 aromatic heterocycles. The van der Waals surface area contributed by atoms with Crippen LogP contribution in [0.1, 0.15) is 92.4 Å². The Hall–Kier alpha value is -3.87. The molecule has 1 aliphatic carbocycles. The molecule has 1 N–H and O–H groups in total. The Labute approximate surface area is 273 Å². The fourth-order valence-electron chi connectivity index (χ4n) is 5.91. The Morgan fingerprint density at radius 3 is 2.17 bits per heavy atom.